The van der Waals surface area contributed by atoms with Crippen LogP contribution in [0.15, 0.2) is 70.8 Å². The molecule has 0 saturated carbocycles. The second kappa shape index (κ2) is 18.3. The lowest BCUT2D eigenvalue weighted by atomic mass is 9.64. The number of anilines is 1. The summed E-state index contributed by atoms with van der Waals surface area (Å²) in [6.07, 6.45) is -0.670. The van der Waals surface area contributed by atoms with Gasteiger partial charge in [0.15, 0.2) is 0 Å². The highest BCUT2D eigenvalue weighted by molar-refractivity contribution is 6.17. The van der Waals surface area contributed by atoms with Gasteiger partial charge in [-0.3, -0.25) is 9.79 Å². The van der Waals surface area contributed by atoms with Crippen molar-refractivity contribution in [3.05, 3.63) is 93.6 Å². The Kier molecular flexibility index (Phi) is 14.3. The zero-order chi connectivity index (χ0) is 38.8. The Bertz CT molecular complexity index is 1770. The molecule has 0 saturated heterocycles. The zero-order valence-corrected chi connectivity index (χ0v) is 30.1. The summed E-state index contributed by atoms with van der Waals surface area (Å²) >= 11 is 5.67. The highest BCUT2D eigenvalue weighted by Crippen LogP contribution is 2.51. The first kappa shape index (κ1) is 41.6. The van der Waals surface area contributed by atoms with Crippen LogP contribution in [-0.4, -0.2) is 87.0 Å². The number of nitrogens with one attached hydrogen (secondary N) is 2. The minimum absolute atomic E-state index is 0.0155. The number of hydrogen-bond acceptors (Lipinski definition) is 6. The predicted octanol–water partition coefficient (Wildman–Crippen LogP) is 8.51. The van der Waals surface area contributed by atoms with Crippen LogP contribution in [0.2, 0.25) is 0 Å². The molecule has 288 valence electrons. The van der Waals surface area contributed by atoms with Crippen molar-refractivity contribution in [3.8, 4) is 0 Å². The van der Waals surface area contributed by atoms with Gasteiger partial charge in [0.2, 0.25) is 0 Å². The molecule has 0 fully saturated rings. The molecule has 53 heavy (non-hydrogen) atoms. The van der Waals surface area contributed by atoms with Crippen LogP contribution >= 0.6 is 11.6 Å². The van der Waals surface area contributed by atoms with Gasteiger partial charge in [0.25, 0.3) is 5.91 Å². The van der Waals surface area contributed by atoms with Crippen LogP contribution in [-0.2, 0) is 14.9 Å². The average molecular weight is 770 g/mol. The molecular weight excluding hydrogens is 728 g/mol. The second-order valence-electron chi connectivity index (χ2n) is 13.0. The molecule has 15 heteroatoms. The van der Waals surface area contributed by atoms with Crippen molar-refractivity contribution in [1.29, 1.82) is 0 Å². The molecule has 0 bridgehead atoms. The van der Waals surface area contributed by atoms with E-state index in [1.165, 1.54) is 42.5 Å². The maximum atomic E-state index is 13.3. The maximum absolute atomic E-state index is 13.3. The lowest BCUT2D eigenvalue weighted by Gasteiger charge is -2.39. The third-order valence-electron chi connectivity index (χ3n) is 8.70. The van der Waals surface area contributed by atoms with Crippen LogP contribution in [0, 0.1) is 0 Å². The van der Waals surface area contributed by atoms with Crippen molar-refractivity contribution in [3.63, 3.8) is 0 Å². The maximum Gasteiger partial charge on any atom is 0.407 e. The number of carbonyl (C=O) groups excluding carboxylic acids is 1. The largest absolute Gasteiger partial charge is 0.478 e. The van der Waals surface area contributed by atoms with Gasteiger partial charge in [0, 0.05) is 35.7 Å². The van der Waals surface area contributed by atoms with Gasteiger partial charge in [-0.1, -0.05) is 38.8 Å². The normalized spacial score (nSPS) is 15.9. The second-order valence-corrected chi connectivity index (χ2v) is 13.4. The van der Waals surface area contributed by atoms with Crippen LogP contribution in [0.1, 0.15) is 76.9 Å². The third-order valence-corrected chi connectivity index (χ3v) is 8.97. The summed E-state index contributed by atoms with van der Waals surface area (Å²) in [7, 11) is 0. The Hall–Kier alpha value is -4.14. The first-order valence-corrected chi connectivity index (χ1v) is 17.6. The van der Waals surface area contributed by atoms with Gasteiger partial charge >= 0.3 is 18.3 Å². The summed E-state index contributed by atoms with van der Waals surface area (Å²) in [4.78, 5) is 29.5. The summed E-state index contributed by atoms with van der Waals surface area (Å²) in [6.45, 7) is 2.50. The molecule has 2 aliphatic carbocycles. The van der Waals surface area contributed by atoms with Crippen LogP contribution < -0.4 is 10.6 Å². The smallest absolute Gasteiger partial charge is 0.407 e. The molecule has 3 N–H and O–H groups in total. The Morgan fingerprint density at radius 2 is 1.58 bits per heavy atom. The number of unbranched alkanes of at least 4 members (excludes halogenated alkanes) is 3. The summed E-state index contributed by atoms with van der Waals surface area (Å²) in [5.41, 5.74) is 1.50. The molecule has 2 aromatic carbocycles. The van der Waals surface area contributed by atoms with Crippen LogP contribution in [0.5, 0.6) is 0 Å². The zero-order valence-electron chi connectivity index (χ0n) is 29.4. The number of aliphatic imine (C=N–C) groups is 1. The third kappa shape index (κ3) is 11.7. The standard InChI is InChI=1S/C38H42ClF6N3O5/c1-36(2)31-20-25(47-22-37(40,41)42)8-11-28(31)33(29-12-9-26(21-32(29)36)48-23-38(43,44)45)30-19-24(7-10-27(30)35(50)51)34(49)46-14-16-53-18-17-52-15-6-4-3-5-13-39/h7-12,19-21,47H,3-6,13-18,22-23H2,1-2H3,(H,46,49)(H,50,51). The fourth-order valence-electron chi connectivity index (χ4n) is 6.11. The lowest BCUT2D eigenvalue weighted by Crippen LogP contribution is -2.30. The molecule has 0 aromatic heterocycles. The van der Waals surface area contributed by atoms with Crippen molar-refractivity contribution in [2.75, 3.05) is 57.3 Å². The summed E-state index contributed by atoms with van der Waals surface area (Å²) < 4.78 is 89.6. The summed E-state index contributed by atoms with van der Waals surface area (Å²) in [6, 6.07) is 8.58. The molecule has 0 heterocycles. The van der Waals surface area contributed by atoms with E-state index in [-0.39, 0.29) is 41.2 Å². The average Bonchev–Trinajstić information content (AvgIpc) is 3.09. The van der Waals surface area contributed by atoms with Crippen molar-refractivity contribution >= 4 is 40.4 Å². The Morgan fingerprint density at radius 3 is 2.26 bits per heavy atom. The van der Waals surface area contributed by atoms with Crippen molar-refractivity contribution in [2.24, 2.45) is 4.99 Å². The number of ether oxygens (including phenoxy) is 2. The molecule has 2 aliphatic rings. The number of carboxylic acids is 1. The van der Waals surface area contributed by atoms with Gasteiger partial charge in [-0.25, -0.2) is 4.79 Å². The molecular formula is C38H42ClF6N3O5. The molecule has 1 amide bonds. The molecule has 8 nitrogen and oxygen atoms in total. The highest BCUT2D eigenvalue weighted by atomic mass is 35.5. The SMILES string of the molecule is CC1(C)C2=CC(=NCC(F)(F)F)C=CC2=C(c2cc(C(=O)NCCOCCOCCCCCCCl)ccc2C(=O)O)c2ccc(NCC(F)(F)F)cc21. The molecule has 0 aliphatic heterocycles. The van der Waals surface area contributed by atoms with Gasteiger partial charge in [-0.15, -0.1) is 11.6 Å². The number of aromatic carboxylic acids is 1. The molecule has 0 spiro atoms. The Labute approximate surface area is 309 Å². The first-order valence-electron chi connectivity index (χ1n) is 17.1. The van der Waals surface area contributed by atoms with E-state index < -0.39 is 42.7 Å². The monoisotopic (exact) mass is 769 g/mol. The molecule has 0 atom stereocenters. The summed E-state index contributed by atoms with van der Waals surface area (Å²) in [5.74, 6) is -1.17. The van der Waals surface area contributed by atoms with Gasteiger partial charge < -0.3 is 25.2 Å². The van der Waals surface area contributed by atoms with Gasteiger partial charge in [-0.2, -0.15) is 26.3 Å². The van der Waals surface area contributed by atoms with E-state index in [0.29, 0.717) is 53.5 Å². The van der Waals surface area contributed by atoms with Gasteiger partial charge in [0.05, 0.1) is 31.1 Å². The number of halogens is 7. The van der Waals surface area contributed by atoms with Crippen molar-refractivity contribution in [1.82, 2.24) is 5.32 Å². The molecule has 0 unspecified atom stereocenters. The number of carboxylic acid groups (broad SMARTS) is 1. The topological polar surface area (TPSA) is 109 Å². The Balaban J connectivity index is 1.64. The molecule has 0 radical (unpaired) electrons. The number of alkyl halides is 7. The van der Waals surface area contributed by atoms with Crippen molar-refractivity contribution < 1.29 is 50.5 Å². The first-order chi connectivity index (χ1) is 25.0. The van der Waals surface area contributed by atoms with Crippen molar-refractivity contribution in [2.45, 2.75) is 57.3 Å². The number of hydrogen-bond donors (Lipinski definition) is 3. The molecule has 4 rings (SSSR count). The number of fused-ring (bicyclic) bond motifs is 2. The van der Waals surface area contributed by atoms with E-state index in [9.17, 15) is 41.0 Å². The van der Waals surface area contributed by atoms with Gasteiger partial charge in [0.1, 0.15) is 13.1 Å². The van der Waals surface area contributed by atoms with E-state index >= 15 is 0 Å². The number of nitrogens with zero attached hydrogens (tertiary/aromatic N) is 1. The number of carbonyl (C=O) groups is 2. The van der Waals surface area contributed by atoms with E-state index in [4.69, 9.17) is 21.1 Å². The minimum Gasteiger partial charge on any atom is -0.478 e. The number of benzene rings is 2. The van der Waals surface area contributed by atoms with E-state index in [1.807, 2.05) is 0 Å². The van der Waals surface area contributed by atoms with Gasteiger partial charge in [-0.05, 0) is 88.7 Å². The fraction of sp³-hybridized carbons (Fsp3) is 0.447. The predicted molar refractivity (Wildman–Crippen MR) is 192 cm³/mol. The van der Waals surface area contributed by atoms with Crippen LogP contribution in [0.4, 0.5) is 32.0 Å². The molecule has 2 aromatic rings. The van der Waals surface area contributed by atoms with E-state index in [1.54, 1.807) is 26.0 Å². The lowest BCUT2D eigenvalue weighted by molar-refractivity contribution is -0.118. The van der Waals surface area contributed by atoms with E-state index in [0.717, 1.165) is 25.7 Å². The number of amides is 1. The number of allylic oxidation sites excluding steroid dienone is 5. The van der Waals surface area contributed by atoms with E-state index in [2.05, 4.69) is 15.6 Å². The Morgan fingerprint density at radius 1 is 0.868 bits per heavy atom. The van der Waals surface area contributed by atoms with Crippen LogP contribution in [0.25, 0.3) is 5.57 Å². The highest BCUT2D eigenvalue weighted by Gasteiger charge is 2.39. The quantitative estimate of drug-likeness (QED) is 0.0798. The summed E-state index contributed by atoms with van der Waals surface area (Å²) in [5, 5.41) is 15.4. The number of rotatable bonds is 18. The van der Waals surface area contributed by atoms with Crippen LogP contribution in [0.3, 0.4) is 0 Å². The minimum atomic E-state index is -4.56. The fourth-order valence-corrected chi connectivity index (χ4v) is 6.30.